The second-order valence-corrected chi connectivity index (χ2v) is 6.10. The molecule has 1 aromatic heterocycles. The van der Waals surface area contributed by atoms with Crippen LogP contribution in [0.3, 0.4) is 0 Å². The Morgan fingerprint density at radius 1 is 1.11 bits per heavy atom. The number of carbonyl (C=O) groups is 1. The maximum Gasteiger partial charge on any atom is 0.387 e. The molecule has 0 saturated carbocycles. The zero-order valence-corrected chi connectivity index (χ0v) is 14.8. The number of carbonyl (C=O) groups excluding carboxylic acids is 1. The monoisotopic (exact) mass is 371 g/mol. The molecule has 27 heavy (non-hydrogen) atoms. The molecule has 1 amide bonds. The van der Waals surface area contributed by atoms with Crippen molar-refractivity contribution in [3.05, 3.63) is 83.7 Å². The smallest absolute Gasteiger partial charge is 0.387 e. The molecule has 0 aliphatic heterocycles. The van der Waals surface area contributed by atoms with E-state index in [-0.39, 0.29) is 11.7 Å². The molecule has 0 N–H and O–H groups in total. The zero-order chi connectivity index (χ0) is 19.2. The number of nitrogens with zero attached hydrogens (tertiary/aromatic N) is 3. The molecule has 0 spiro atoms. The van der Waals surface area contributed by atoms with Gasteiger partial charge in [0.05, 0.1) is 12.7 Å². The Balaban J connectivity index is 1.59. The molecule has 0 saturated heterocycles. The largest absolute Gasteiger partial charge is 0.435 e. The standard InChI is InChI=1S/C20H19F2N3O2/c1-24(19(26)17-7-9-18(10-8-17)27-20(21)22)12-16-11-23-25(14-16)13-15-5-3-2-4-6-15/h2-11,14,20H,12-13H2,1H3. The van der Waals surface area contributed by atoms with Crippen LogP contribution in [0, 0.1) is 0 Å². The summed E-state index contributed by atoms with van der Waals surface area (Å²) in [5.74, 6) is -0.194. The molecule has 3 aromatic rings. The fourth-order valence-corrected chi connectivity index (χ4v) is 2.69. The molecular formula is C20H19F2N3O2. The summed E-state index contributed by atoms with van der Waals surface area (Å²) < 4.78 is 30.5. The van der Waals surface area contributed by atoms with Gasteiger partial charge in [0.1, 0.15) is 5.75 Å². The van der Waals surface area contributed by atoms with Gasteiger partial charge >= 0.3 is 6.61 Å². The number of rotatable bonds is 7. The molecule has 0 radical (unpaired) electrons. The van der Waals surface area contributed by atoms with E-state index < -0.39 is 6.61 Å². The third-order valence-electron chi connectivity index (χ3n) is 3.97. The highest BCUT2D eigenvalue weighted by Crippen LogP contribution is 2.16. The van der Waals surface area contributed by atoms with Crippen molar-refractivity contribution in [2.75, 3.05) is 7.05 Å². The molecular weight excluding hydrogens is 352 g/mol. The zero-order valence-electron chi connectivity index (χ0n) is 14.8. The number of ether oxygens (including phenoxy) is 1. The average Bonchev–Trinajstić information content (AvgIpc) is 3.09. The van der Waals surface area contributed by atoms with Crippen molar-refractivity contribution in [3.8, 4) is 5.75 Å². The summed E-state index contributed by atoms with van der Waals surface area (Å²) in [6.07, 6.45) is 3.63. The lowest BCUT2D eigenvalue weighted by molar-refractivity contribution is -0.0498. The van der Waals surface area contributed by atoms with E-state index in [1.54, 1.807) is 18.1 Å². The van der Waals surface area contributed by atoms with E-state index in [9.17, 15) is 13.6 Å². The number of hydrogen-bond acceptors (Lipinski definition) is 3. The van der Waals surface area contributed by atoms with Gasteiger partial charge in [-0.2, -0.15) is 13.9 Å². The van der Waals surface area contributed by atoms with Gasteiger partial charge in [-0.25, -0.2) is 0 Å². The normalized spacial score (nSPS) is 10.8. The SMILES string of the molecule is CN(Cc1cnn(Cc2ccccc2)c1)C(=O)c1ccc(OC(F)F)cc1. The van der Waals surface area contributed by atoms with E-state index in [2.05, 4.69) is 9.84 Å². The van der Waals surface area contributed by atoms with E-state index in [1.807, 2.05) is 41.2 Å². The van der Waals surface area contributed by atoms with Gasteiger partial charge in [0.15, 0.2) is 0 Å². The number of alkyl halides is 2. The Kier molecular flexibility index (Phi) is 5.80. The Hall–Kier alpha value is -3.22. The minimum Gasteiger partial charge on any atom is -0.435 e. The maximum absolute atomic E-state index is 12.5. The van der Waals surface area contributed by atoms with Crippen LogP contribution in [-0.4, -0.2) is 34.2 Å². The molecule has 3 rings (SSSR count). The van der Waals surface area contributed by atoms with E-state index >= 15 is 0 Å². The molecule has 0 fully saturated rings. The minimum atomic E-state index is -2.89. The summed E-state index contributed by atoms with van der Waals surface area (Å²) in [5.41, 5.74) is 2.44. The summed E-state index contributed by atoms with van der Waals surface area (Å²) in [6, 6.07) is 15.6. The van der Waals surface area contributed by atoms with Gasteiger partial charge < -0.3 is 9.64 Å². The van der Waals surface area contributed by atoms with E-state index in [1.165, 1.54) is 24.3 Å². The van der Waals surface area contributed by atoms with Crippen molar-refractivity contribution < 1.29 is 18.3 Å². The second-order valence-electron chi connectivity index (χ2n) is 6.10. The predicted molar refractivity (Wildman–Crippen MR) is 96.6 cm³/mol. The van der Waals surface area contributed by atoms with Gasteiger partial charge in [-0.15, -0.1) is 0 Å². The van der Waals surface area contributed by atoms with Gasteiger partial charge in [-0.3, -0.25) is 9.48 Å². The van der Waals surface area contributed by atoms with Crippen LogP contribution in [0.15, 0.2) is 67.0 Å². The van der Waals surface area contributed by atoms with Crippen molar-refractivity contribution in [3.63, 3.8) is 0 Å². The number of halogens is 2. The van der Waals surface area contributed by atoms with E-state index in [4.69, 9.17) is 0 Å². The molecule has 0 aliphatic carbocycles. The molecule has 1 heterocycles. The highest BCUT2D eigenvalue weighted by atomic mass is 19.3. The molecule has 0 bridgehead atoms. The van der Waals surface area contributed by atoms with Crippen molar-refractivity contribution in [1.29, 1.82) is 0 Å². The highest BCUT2D eigenvalue weighted by molar-refractivity contribution is 5.94. The second kappa shape index (κ2) is 8.44. The lowest BCUT2D eigenvalue weighted by Gasteiger charge is -2.16. The first kappa shape index (κ1) is 18.6. The number of aromatic nitrogens is 2. The van der Waals surface area contributed by atoms with Gasteiger partial charge in [-0.05, 0) is 29.8 Å². The lowest BCUT2D eigenvalue weighted by atomic mass is 10.2. The molecule has 140 valence electrons. The van der Waals surface area contributed by atoms with Gasteiger partial charge in [0, 0.05) is 30.9 Å². The Labute approximate surface area is 155 Å². The topological polar surface area (TPSA) is 47.4 Å². The summed E-state index contributed by atoms with van der Waals surface area (Å²) in [6.45, 7) is -1.84. The number of amides is 1. The van der Waals surface area contributed by atoms with Crippen LogP contribution in [-0.2, 0) is 13.1 Å². The third kappa shape index (κ3) is 5.13. The highest BCUT2D eigenvalue weighted by Gasteiger charge is 2.14. The predicted octanol–water partition coefficient (Wildman–Crippen LogP) is 3.81. The lowest BCUT2D eigenvalue weighted by Crippen LogP contribution is -2.26. The molecule has 5 nitrogen and oxygen atoms in total. The summed E-state index contributed by atoms with van der Waals surface area (Å²) in [5, 5.41) is 4.33. The van der Waals surface area contributed by atoms with E-state index in [0.717, 1.165) is 11.1 Å². The Morgan fingerprint density at radius 3 is 2.48 bits per heavy atom. The van der Waals surface area contributed by atoms with Gasteiger partial charge in [0.25, 0.3) is 5.91 Å². The first-order valence-electron chi connectivity index (χ1n) is 8.37. The molecule has 0 aliphatic rings. The quantitative estimate of drug-likeness (QED) is 0.635. The van der Waals surface area contributed by atoms with Crippen molar-refractivity contribution in [1.82, 2.24) is 14.7 Å². The Bertz CT molecular complexity index is 880. The first-order valence-corrected chi connectivity index (χ1v) is 8.37. The average molecular weight is 371 g/mol. The first-order chi connectivity index (χ1) is 13.0. The molecule has 0 unspecified atom stereocenters. The maximum atomic E-state index is 12.5. The fourth-order valence-electron chi connectivity index (χ4n) is 2.69. The van der Waals surface area contributed by atoms with Crippen LogP contribution < -0.4 is 4.74 Å². The summed E-state index contributed by atoms with van der Waals surface area (Å²) in [4.78, 5) is 14.0. The van der Waals surface area contributed by atoms with Gasteiger partial charge in [0.2, 0.25) is 0 Å². The van der Waals surface area contributed by atoms with Crippen LogP contribution in [0.4, 0.5) is 8.78 Å². The summed E-state index contributed by atoms with van der Waals surface area (Å²) in [7, 11) is 1.68. The van der Waals surface area contributed by atoms with Crippen LogP contribution in [0.1, 0.15) is 21.5 Å². The molecule has 2 aromatic carbocycles. The summed E-state index contributed by atoms with van der Waals surface area (Å²) >= 11 is 0. The van der Waals surface area contributed by atoms with Crippen molar-refractivity contribution in [2.45, 2.75) is 19.7 Å². The van der Waals surface area contributed by atoms with Crippen LogP contribution >= 0.6 is 0 Å². The van der Waals surface area contributed by atoms with Gasteiger partial charge in [-0.1, -0.05) is 30.3 Å². The molecule has 7 heteroatoms. The third-order valence-corrected chi connectivity index (χ3v) is 3.97. The van der Waals surface area contributed by atoms with E-state index in [0.29, 0.717) is 18.7 Å². The van der Waals surface area contributed by atoms with Crippen LogP contribution in [0.25, 0.3) is 0 Å². The minimum absolute atomic E-state index is 0.0198. The molecule has 0 atom stereocenters. The number of benzene rings is 2. The van der Waals surface area contributed by atoms with Crippen molar-refractivity contribution >= 4 is 5.91 Å². The fraction of sp³-hybridized carbons (Fsp3) is 0.200. The Morgan fingerprint density at radius 2 is 1.81 bits per heavy atom. The number of hydrogen-bond donors (Lipinski definition) is 0. The van der Waals surface area contributed by atoms with Crippen molar-refractivity contribution in [2.24, 2.45) is 0 Å². The van der Waals surface area contributed by atoms with Crippen LogP contribution in [0.5, 0.6) is 5.75 Å². The van der Waals surface area contributed by atoms with Crippen LogP contribution in [0.2, 0.25) is 0 Å².